The van der Waals surface area contributed by atoms with Crippen molar-refractivity contribution in [3.63, 3.8) is 0 Å². The first-order valence-electron chi connectivity index (χ1n) is 11.5. The monoisotopic (exact) mass is 451 g/mol. The Balaban J connectivity index is 1.22. The van der Waals surface area contributed by atoms with E-state index in [-0.39, 0.29) is 17.2 Å². The number of anilines is 2. The molecule has 1 saturated heterocycles. The van der Waals surface area contributed by atoms with Gasteiger partial charge in [0.1, 0.15) is 0 Å². The van der Waals surface area contributed by atoms with Gasteiger partial charge in [0.2, 0.25) is 11.9 Å². The molecule has 172 valence electrons. The lowest BCUT2D eigenvalue weighted by Crippen LogP contribution is -2.37. The summed E-state index contributed by atoms with van der Waals surface area (Å²) in [6.45, 7) is 1.75. The maximum absolute atomic E-state index is 14.3. The lowest BCUT2D eigenvalue weighted by molar-refractivity contribution is 0.451. The van der Waals surface area contributed by atoms with Crippen LogP contribution in [0.5, 0.6) is 0 Å². The third-order valence-corrected chi connectivity index (χ3v) is 7.50. The van der Waals surface area contributed by atoms with Crippen molar-refractivity contribution >= 4 is 11.9 Å². The predicted octanol–water partition coefficient (Wildman–Crippen LogP) is 1.65. The Morgan fingerprint density at radius 1 is 1.18 bits per heavy atom. The molecule has 0 unspecified atom stereocenters. The van der Waals surface area contributed by atoms with Crippen LogP contribution in [0.25, 0.3) is 11.3 Å². The summed E-state index contributed by atoms with van der Waals surface area (Å²) < 4.78 is 17.8. The number of rotatable bonds is 5. The van der Waals surface area contributed by atoms with Crippen molar-refractivity contribution in [3.8, 4) is 11.3 Å². The first-order valence-corrected chi connectivity index (χ1v) is 11.5. The zero-order valence-corrected chi connectivity index (χ0v) is 18.7. The van der Waals surface area contributed by atoms with E-state index in [0.717, 1.165) is 38.1 Å². The Bertz CT molecular complexity index is 1240. The van der Waals surface area contributed by atoms with Gasteiger partial charge in [-0.2, -0.15) is 0 Å². The second-order valence-electron chi connectivity index (χ2n) is 9.39. The van der Waals surface area contributed by atoms with E-state index in [0.29, 0.717) is 29.5 Å². The summed E-state index contributed by atoms with van der Waals surface area (Å²) in [6.07, 6.45) is 7.37. The van der Waals surface area contributed by atoms with E-state index < -0.39 is 5.82 Å². The van der Waals surface area contributed by atoms with E-state index in [1.54, 1.807) is 13.1 Å². The van der Waals surface area contributed by atoms with Crippen LogP contribution in [-0.2, 0) is 7.05 Å². The van der Waals surface area contributed by atoms with Crippen LogP contribution in [0.1, 0.15) is 31.7 Å². The summed E-state index contributed by atoms with van der Waals surface area (Å²) in [5.74, 6) is 1.81. The highest BCUT2D eigenvalue weighted by molar-refractivity contribution is 5.60. The van der Waals surface area contributed by atoms with Crippen molar-refractivity contribution in [1.82, 2.24) is 34.7 Å². The van der Waals surface area contributed by atoms with Gasteiger partial charge in [-0.1, -0.05) is 17.9 Å². The number of tetrazole rings is 1. The van der Waals surface area contributed by atoms with Gasteiger partial charge in [-0.3, -0.25) is 14.3 Å². The van der Waals surface area contributed by atoms with E-state index in [2.05, 4.69) is 35.3 Å². The highest BCUT2D eigenvalue weighted by Crippen LogP contribution is 2.50. The number of pyridine rings is 1. The number of piperidine rings is 1. The zero-order valence-electron chi connectivity index (χ0n) is 18.7. The molecule has 11 heteroatoms. The second kappa shape index (κ2) is 7.60. The van der Waals surface area contributed by atoms with Gasteiger partial charge >= 0.3 is 0 Å². The average molecular weight is 452 g/mol. The van der Waals surface area contributed by atoms with Crippen LogP contribution >= 0.6 is 0 Å². The van der Waals surface area contributed by atoms with Crippen LogP contribution in [0.2, 0.25) is 0 Å². The quantitative estimate of drug-likeness (QED) is 0.578. The molecule has 33 heavy (non-hydrogen) atoms. The molecule has 6 rings (SSSR count). The maximum atomic E-state index is 14.3. The molecule has 4 heterocycles. The van der Waals surface area contributed by atoms with Crippen molar-refractivity contribution < 1.29 is 4.39 Å². The standard InChI is InChI=1S/C22H26FN9O/c1-29-19(33)9-18(14-7-8-24-10-17(14)23)25-21(29)30(2)20-15-11-31(12-16(15)20)22-26-27-28-32(22)13-5-3-4-6-13/h7-10,13,15-16,20H,3-6,11-12H2,1-2H3/t15-,16+,20-. The van der Waals surface area contributed by atoms with Gasteiger partial charge in [0.25, 0.3) is 5.56 Å². The molecule has 2 aliphatic carbocycles. The fourth-order valence-electron chi connectivity index (χ4n) is 5.71. The first kappa shape index (κ1) is 20.3. The van der Waals surface area contributed by atoms with Crippen LogP contribution in [0, 0.1) is 17.7 Å². The van der Waals surface area contributed by atoms with Gasteiger partial charge in [0.05, 0.1) is 17.9 Å². The topological polar surface area (TPSA) is 97.9 Å². The lowest BCUT2D eigenvalue weighted by Gasteiger charge is -2.27. The van der Waals surface area contributed by atoms with E-state index in [1.165, 1.54) is 29.7 Å². The number of halogens is 1. The van der Waals surface area contributed by atoms with Crippen LogP contribution < -0.4 is 15.4 Å². The third-order valence-electron chi connectivity index (χ3n) is 7.50. The molecule has 1 aliphatic heterocycles. The molecular formula is C22H26FN9O. The number of nitrogens with zero attached hydrogens (tertiary/aromatic N) is 9. The van der Waals surface area contributed by atoms with Gasteiger partial charge in [-0.25, -0.2) is 14.1 Å². The lowest BCUT2D eigenvalue weighted by atomic mass is 10.2. The van der Waals surface area contributed by atoms with Crippen LogP contribution in [0.4, 0.5) is 16.3 Å². The van der Waals surface area contributed by atoms with Crippen LogP contribution in [0.15, 0.2) is 29.3 Å². The molecule has 0 radical (unpaired) electrons. The maximum Gasteiger partial charge on any atom is 0.255 e. The molecule has 2 saturated carbocycles. The molecule has 0 aromatic carbocycles. The largest absolute Gasteiger partial charge is 0.342 e. The highest BCUT2D eigenvalue weighted by atomic mass is 19.1. The van der Waals surface area contributed by atoms with Crippen LogP contribution in [-0.4, -0.2) is 60.9 Å². The van der Waals surface area contributed by atoms with Gasteiger partial charge in [-0.15, -0.1) is 0 Å². The molecule has 3 atom stereocenters. The number of aromatic nitrogens is 7. The van der Waals surface area contributed by atoms with Crippen LogP contribution in [0.3, 0.4) is 0 Å². The highest BCUT2D eigenvalue weighted by Gasteiger charge is 2.59. The summed E-state index contributed by atoms with van der Waals surface area (Å²) in [5.41, 5.74) is 0.377. The summed E-state index contributed by atoms with van der Waals surface area (Å²) in [7, 11) is 3.67. The van der Waals surface area contributed by atoms with Crippen molar-refractivity contribution in [2.75, 3.05) is 29.9 Å². The summed E-state index contributed by atoms with van der Waals surface area (Å²) >= 11 is 0. The minimum absolute atomic E-state index is 0.221. The predicted molar refractivity (Wildman–Crippen MR) is 119 cm³/mol. The molecule has 3 aliphatic rings. The number of fused-ring (bicyclic) bond motifs is 1. The Kier molecular flexibility index (Phi) is 4.66. The van der Waals surface area contributed by atoms with Gasteiger partial charge in [-0.05, 0) is 29.3 Å². The molecule has 0 N–H and O–H groups in total. The van der Waals surface area contributed by atoms with Gasteiger partial charge < -0.3 is 9.80 Å². The Hall–Kier alpha value is -3.37. The first-order chi connectivity index (χ1) is 16.0. The molecule has 0 spiro atoms. The fraction of sp³-hybridized carbons (Fsp3) is 0.545. The minimum Gasteiger partial charge on any atom is -0.342 e. The Morgan fingerprint density at radius 3 is 2.67 bits per heavy atom. The van der Waals surface area contributed by atoms with Gasteiger partial charge in [0, 0.05) is 62.9 Å². The SMILES string of the molecule is CN(c1nc(-c2ccncc2F)cc(=O)n1C)[C@@H]1[C@@H]2CN(c3nnnn3C3CCCC3)C[C@@H]21. The molecule has 3 aromatic rings. The Labute approximate surface area is 190 Å². The zero-order chi connectivity index (χ0) is 22.7. The molecule has 0 bridgehead atoms. The molecule has 3 aromatic heterocycles. The van der Waals surface area contributed by atoms with Crippen molar-refractivity contribution in [2.45, 2.75) is 37.8 Å². The molecule has 10 nitrogen and oxygen atoms in total. The second-order valence-corrected chi connectivity index (χ2v) is 9.39. The summed E-state index contributed by atoms with van der Waals surface area (Å²) in [4.78, 5) is 25.4. The molecule has 0 amide bonds. The molecular weight excluding hydrogens is 425 g/mol. The average Bonchev–Trinajstić information content (AvgIpc) is 3.33. The van der Waals surface area contributed by atoms with E-state index in [1.807, 2.05) is 11.7 Å². The van der Waals surface area contributed by atoms with E-state index in [9.17, 15) is 9.18 Å². The summed E-state index contributed by atoms with van der Waals surface area (Å²) in [5, 5.41) is 12.5. The Morgan fingerprint density at radius 2 is 1.94 bits per heavy atom. The molecule has 3 fully saturated rings. The van der Waals surface area contributed by atoms with Gasteiger partial charge in [0.15, 0.2) is 5.82 Å². The minimum atomic E-state index is -0.495. The van der Waals surface area contributed by atoms with E-state index >= 15 is 0 Å². The van der Waals surface area contributed by atoms with Crippen molar-refractivity contribution in [1.29, 1.82) is 0 Å². The normalized spacial score (nSPS) is 24.3. The third kappa shape index (κ3) is 3.28. The van der Waals surface area contributed by atoms with E-state index in [4.69, 9.17) is 0 Å². The summed E-state index contributed by atoms with van der Waals surface area (Å²) in [6, 6.07) is 3.58. The number of hydrogen-bond donors (Lipinski definition) is 0. The smallest absolute Gasteiger partial charge is 0.255 e. The fourth-order valence-corrected chi connectivity index (χ4v) is 5.71. The van der Waals surface area contributed by atoms with Crippen molar-refractivity contribution in [2.24, 2.45) is 18.9 Å². The van der Waals surface area contributed by atoms with Crippen molar-refractivity contribution in [3.05, 3.63) is 40.7 Å². The number of hydrogen-bond acceptors (Lipinski definition) is 8.